The van der Waals surface area contributed by atoms with E-state index in [1.54, 1.807) is 0 Å². The smallest absolute Gasteiger partial charge is 0.309 e. The van der Waals surface area contributed by atoms with E-state index in [9.17, 15) is 18.0 Å². The Labute approximate surface area is 116 Å². The molecule has 0 saturated heterocycles. The van der Waals surface area contributed by atoms with Crippen molar-refractivity contribution in [1.82, 2.24) is 10.6 Å². The molecule has 8 nitrogen and oxygen atoms in total. The third-order valence-corrected chi connectivity index (χ3v) is 3.27. The molecule has 0 aliphatic carbocycles. The van der Waals surface area contributed by atoms with Gasteiger partial charge in [0.05, 0.1) is 4.90 Å². The first-order valence-electron chi connectivity index (χ1n) is 5.72. The van der Waals surface area contributed by atoms with Crippen LogP contribution in [0.1, 0.15) is 5.56 Å². The summed E-state index contributed by atoms with van der Waals surface area (Å²) in [6, 6.07) is 5.65. The second-order valence-electron chi connectivity index (χ2n) is 3.92. The molecule has 0 spiro atoms. The summed E-state index contributed by atoms with van der Waals surface area (Å²) in [6.45, 7) is 0.559. The average Bonchev–Trinajstić information content (AvgIpc) is 2.41. The van der Waals surface area contributed by atoms with Crippen LogP contribution in [0.2, 0.25) is 0 Å². The lowest BCUT2D eigenvalue weighted by molar-refractivity contribution is -0.139. The molecular weight excluding hydrogens is 284 g/mol. The van der Waals surface area contributed by atoms with Crippen LogP contribution < -0.4 is 21.5 Å². The molecule has 0 heterocycles. The molecular formula is C11H16N4O4S. The molecule has 20 heavy (non-hydrogen) atoms. The van der Waals surface area contributed by atoms with Crippen molar-refractivity contribution in [3.05, 3.63) is 29.8 Å². The maximum Gasteiger partial charge on any atom is 0.309 e. The molecule has 0 aromatic heterocycles. The number of carbonyl (C=O) groups excluding carboxylic acids is 2. The quantitative estimate of drug-likeness (QED) is 0.466. The van der Waals surface area contributed by atoms with E-state index in [1.165, 1.54) is 24.3 Å². The third-order valence-electron chi connectivity index (χ3n) is 2.34. The number of nitrogens with one attached hydrogen (secondary N) is 2. The molecule has 0 radical (unpaired) electrons. The van der Waals surface area contributed by atoms with Gasteiger partial charge in [-0.1, -0.05) is 12.1 Å². The highest BCUT2D eigenvalue weighted by molar-refractivity contribution is 7.89. The van der Waals surface area contributed by atoms with Crippen molar-refractivity contribution in [1.29, 1.82) is 0 Å². The first-order valence-corrected chi connectivity index (χ1v) is 7.27. The first kappa shape index (κ1) is 16.1. The van der Waals surface area contributed by atoms with Crippen molar-refractivity contribution in [3.63, 3.8) is 0 Å². The van der Waals surface area contributed by atoms with E-state index < -0.39 is 21.8 Å². The molecule has 0 bridgehead atoms. The molecule has 1 rings (SSSR count). The van der Waals surface area contributed by atoms with E-state index >= 15 is 0 Å². The van der Waals surface area contributed by atoms with E-state index in [2.05, 4.69) is 10.6 Å². The fourth-order valence-corrected chi connectivity index (χ4v) is 1.84. The highest BCUT2D eigenvalue weighted by atomic mass is 32.2. The lowest BCUT2D eigenvalue weighted by atomic mass is 10.2. The van der Waals surface area contributed by atoms with Crippen molar-refractivity contribution in [2.75, 3.05) is 13.1 Å². The minimum Gasteiger partial charge on any atom is -0.347 e. The average molecular weight is 300 g/mol. The van der Waals surface area contributed by atoms with Gasteiger partial charge in [-0.2, -0.15) is 0 Å². The van der Waals surface area contributed by atoms with Crippen molar-refractivity contribution in [2.24, 2.45) is 10.9 Å². The molecule has 1 aromatic rings. The number of sulfonamides is 1. The van der Waals surface area contributed by atoms with Gasteiger partial charge in [0, 0.05) is 19.6 Å². The largest absolute Gasteiger partial charge is 0.347 e. The number of hydrogen-bond donors (Lipinski definition) is 4. The van der Waals surface area contributed by atoms with E-state index in [-0.39, 0.29) is 24.5 Å². The summed E-state index contributed by atoms with van der Waals surface area (Å²) in [4.78, 5) is 22.6. The Balaban J connectivity index is 2.54. The second-order valence-corrected chi connectivity index (χ2v) is 5.48. The summed E-state index contributed by atoms with van der Waals surface area (Å²) in [7, 11) is -3.74. The maximum absolute atomic E-state index is 11.4. The van der Waals surface area contributed by atoms with Gasteiger partial charge in [0.25, 0.3) is 0 Å². The lowest BCUT2D eigenvalue weighted by Gasteiger charge is -2.06. The van der Waals surface area contributed by atoms with E-state index in [1.807, 2.05) is 0 Å². The molecule has 0 atom stereocenters. The molecule has 0 aliphatic heterocycles. The molecule has 1 aromatic carbocycles. The van der Waals surface area contributed by atoms with Crippen LogP contribution in [-0.2, 0) is 26.2 Å². The van der Waals surface area contributed by atoms with Crippen LogP contribution in [0.3, 0.4) is 0 Å². The van der Waals surface area contributed by atoms with Crippen molar-refractivity contribution in [3.8, 4) is 0 Å². The molecule has 6 N–H and O–H groups in total. The predicted octanol–water partition coefficient (Wildman–Crippen LogP) is -1.97. The highest BCUT2D eigenvalue weighted by Gasteiger charge is 2.12. The summed E-state index contributed by atoms with van der Waals surface area (Å²) in [6.07, 6.45) is 0. The van der Waals surface area contributed by atoms with Gasteiger partial charge >= 0.3 is 11.8 Å². The van der Waals surface area contributed by atoms with E-state index in [0.717, 1.165) is 0 Å². The van der Waals surface area contributed by atoms with Crippen LogP contribution in [0.25, 0.3) is 0 Å². The molecule has 110 valence electrons. The molecule has 2 amide bonds. The van der Waals surface area contributed by atoms with Gasteiger partial charge in [0.2, 0.25) is 10.0 Å². The summed E-state index contributed by atoms with van der Waals surface area (Å²) >= 11 is 0. The number of benzene rings is 1. The Bertz CT molecular complexity index is 583. The normalized spacial score (nSPS) is 10.9. The highest BCUT2D eigenvalue weighted by Crippen LogP contribution is 2.08. The van der Waals surface area contributed by atoms with Crippen molar-refractivity contribution in [2.45, 2.75) is 11.4 Å². The summed E-state index contributed by atoms with van der Waals surface area (Å²) in [5, 5.41) is 9.67. The summed E-state index contributed by atoms with van der Waals surface area (Å²) in [5.41, 5.74) is 5.82. The number of nitrogens with two attached hydrogens (primary N) is 2. The van der Waals surface area contributed by atoms with E-state index in [0.29, 0.717) is 5.56 Å². The number of amides is 2. The Morgan fingerprint density at radius 3 is 2.10 bits per heavy atom. The third kappa shape index (κ3) is 4.96. The Morgan fingerprint density at radius 2 is 1.60 bits per heavy atom. The van der Waals surface area contributed by atoms with Crippen LogP contribution >= 0.6 is 0 Å². The topological polar surface area (TPSA) is 144 Å². The van der Waals surface area contributed by atoms with Gasteiger partial charge < -0.3 is 16.4 Å². The zero-order valence-corrected chi connectivity index (χ0v) is 11.4. The van der Waals surface area contributed by atoms with Crippen LogP contribution in [-0.4, -0.2) is 33.3 Å². The monoisotopic (exact) mass is 300 g/mol. The number of hydrogen-bond acceptors (Lipinski definition) is 5. The Kier molecular flexibility index (Phi) is 5.62. The number of primary sulfonamides is 1. The van der Waals surface area contributed by atoms with Gasteiger partial charge in [-0.05, 0) is 17.7 Å². The standard InChI is InChI=1S/C11H16N4O4S/c12-5-6-14-10(16)11(17)15-7-8-1-3-9(4-2-8)20(13,18)19/h1-4H,5-7,12H2,(H,14,16)(H,15,17)(H2,13,18,19). The van der Waals surface area contributed by atoms with Crippen LogP contribution in [0.15, 0.2) is 29.2 Å². The minimum atomic E-state index is -3.74. The molecule has 9 heteroatoms. The van der Waals surface area contributed by atoms with Crippen molar-refractivity contribution < 1.29 is 18.0 Å². The van der Waals surface area contributed by atoms with Crippen LogP contribution in [0.5, 0.6) is 0 Å². The fraction of sp³-hybridized carbons (Fsp3) is 0.273. The maximum atomic E-state index is 11.4. The molecule has 0 saturated carbocycles. The minimum absolute atomic E-state index is 0.0201. The van der Waals surface area contributed by atoms with Crippen LogP contribution in [0, 0.1) is 0 Å². The van der Waals surface area contributed by atoms with Gasteiger partial charge in [0.1, 0.15) is 0 Å². The molecule has 0 aliphatic rings. The van der Waals surface area contributed by atoms with Crippen molar-refractivity contribution >= 4 is 21.8 Å². The van der Waals surface area contributed by atoms with Gasteiger partial charge in [-0.3, -0.25) is 9.59 Å². The SMILES string of the molecule is NCCNC(=O)C(=O)NCc1ccc(S(N)(=O)=O)cc1. The number of rotatable bonds is 5. The zero-order chi connectivity index (χ0) is 15.2. The summed E-state index contributed by atoms with van der Waals surface area (Å²) < 4.78 is 22.1. The van der Waals surface area contributed by atoms with Gasteiger partial charge in [0.15, 0.2) is 0 Å². The molecule has 0 fully saturated rings. The zero-order valence-electron chi connectivity index (χ0n) is 10.6. The van der Waals surface area contributed by atoms with Gasteiger partial charge in [-0.25, -0.2) is 13.6 Å². The predicted molar refractivity (Wildman–Crippen MR) is 71.7 cm³/mol. The van der Waals surface area contributed by atoms with Gasteiger partial charge in [-0.15, -0.1) is 0 Å². The number of carbonyl (C=O) groups is 2. The molecule has 0 unspecified atom stereocenters. The Hall–Kier alpha value is -1.97. The fourth-order valence-electron chi connectivity index (χ4n) is 1.33. The van der Waals surface area contributed by atoms with E-state index in [4.69, 9.17) is 10.9 Å². The first-order chi connectivity index (χ1) is 9.34. The Morgan fingerprint density at radius 1 is 1.05 bits per heavy atom. The lowest BCUT2D eigenvalue weighted by Crippen LogP contribution is -2.41. The van der Waals surface area contributed by atoms with Crippen LogP contribution in [0.4, 0.5) is 0 Å². The summed E-state index contributed by atoms with van der Waals surface area (Å²) in [5.74, 6) is -1.55. The second kappa shape index (κ2) is 6.98.